The Morgan fingerprint density at radius 1 is 1.02 bits per heavy atom. The van der Waals surface area contributed by atoms with E-state index in [-0.39, 0.29) is 24.8 Å². The van der Waals surface area contributed by atoms with E-state index >= 15 is 0 Å². The van der Waals surface area contributed by atoms with Gasteiger partial charge in [0.15, 0.2) is 0 Å². The Bertz CT molecular complexity index is 1560. The molecule has 2 aromatic heterocycles. The van der Waals surface area contributed by atoms with Crippen LogP contribution in [-0.2, 0) is 4.79 Å². The number of amides is 1. The average molecular weight is 726 g/mol. The number of carbonyl (C=O) groups excluding carboxylic acids is 1. The highest BCUT2D eigenvalue weighted by molar-refractivity contribution is 6.32. The van der Waals surface area contributed by atoms with Crippen molar-refractivity contribution in [1.82, 2.24) is 19.9 Å². The lowest BCUT2D eigenvalue weighted by molar-refractivity contribution is -0.192. The number of aromatic nitrogens is 3. The van der Waals surface area contributed by atoms with Crippen molar-refractivity contribution in [3.8, 4) is 16.9 Å². The number of carboxylic acids is 1. The number of nitrogens with zero attached hydrogens (tertiary/aromatic N) is 5. The number of carbonyl (C=O) groups is 2. The maximum Gasteiger partial charge on any atom is 0.490 e. The van der Waals surface area contributed by atoms with Gasteiger partial charge < -0.3 is 19.6 Å². The Labute approximate surface area is 285 Å². The Balaban J connectivity index is 0.000000854. The summed E-state index contributed by atoms with van der Waals surface area (Å²) >= 11 is 6.76. The van der Waals surface area contributed by atoms with Gasteiger partial charge in [-0.05, 0) is 45.4 Å². The van der Waals surface area contributed by atoms with Crippen LogP contribution in [0.25, 0.3) is 11.1 Å². The summed E-state index contributed by atoms with van der Waals surface area (Å²) in [6, 6.07) is 5.26. The van der Waals surface area contributed by atoms with E-state index in [2.05, 4.69) is 15.0 Å². The van der Waals surface area contributed by atoms with Gasteiger partial charge in [0.2, 0.25) is 0 Å². The zero-order valence-corrected chi connectivity index (χ0v) is 29.1. The molecule has 2 atom stereocenters. The number of alkyl halides is 7. The normalized spacial score (nSPS) is 12.4. The molecule has 0 aliphatic rings. The summed E-state index contributed by atoms with van der Waals surface area (Å²) < 4.78 is 82.7. The predicted octanol–water partition coefficient (Wildman–Crippen LogP) is 8.38. The number of rotatable bonds is 9. The number of anilines is 1. The molecule has 17 heteroatoms. The van der Waals surface area contributed by atoms with E-state index in [1.807, 2.05) is 58.7 Å². The van der Waals surface area contributed by atoms with Crippen LogP contribution in [0.5, 0.6) is 5.75 Å². The monoisotopic (exact) mass is 725 g/mol. The molecule has 0 fully saturated rings. The van der Waals surface area contributed by atoms with Crippen molar-refractivity contribution in [3.63, 3.8) is 0 Å². The lowest BCUT2D eigenvalue weighted by Crippen LogP contribution is -2.26. The number of ether oxygens (including phenoxy) is 1. The molecule has 272 valence electrons. The molecule has 0 aliphatic carbocycles. The molecule has 0 saturated heterocycles. The Morgan fingerprint density at radius 2 is 1.57 bits per heavy atom. The van der Waals surface area contributed by atoms with Crippen LogP contribution in [0.4, 0.5) is 36.6 Å². The van der Waals surface area contributed by atoms with Gasteiger partial charge in [0.05, 0.1) is 19.3 Å². The highest BCUT2D eigenvalue weighted by atomic mass is 35.5. The highest BCUT2D eigenvalue weighted by Crippen LogP contribution is 2.44. The molecule has 1 N–H and O–H groups in total. The van der Waals surface area contributed by atoms with Crippen molar-refractivity contribution in [2.75, 3.05) is 39.3 Å². The third-order valence-corrected chi connectivity index (χ3v) is 7.26. The number of hydrogen-bond acceptors (Lipinski definition) is 7. The van der Waals surface area contributed by atoms with Gasteiger partial charge in [0.1, 0.15) is 23.6 Å². The SMILES string of the molecule is CC(F)(F)F.CCOc1c(C(C)N(C)c2ncnc(C)c2C(C)CF)cc(Cl)c(C)c1-c1ccc(C(=O)N(C)C)nc1.O=C(O)C(F)(F)F. The number of halogens is 8. The summed E-state index contributed by atoms with van der Waals surface area (Å²) in [5.74, 6) is -1.92. The third kappa shape index (κ3) is 12.3. The van der Waals surface area contributed by atoms with E-state index < -0.39 is 25.0 Å². The van der Waals surface area contributed by atoms with Crippen molar-refractivity contribution < 1.29 is 50.2 Å². The molecule has 0 aliphatic heterocycles. The Kier molecular flexibility index (Phi) is 15.7. The van der Waals surface area contributed by atoms with Crippen LogP contribution in [-0.4, -0.2) is 83.6 Å². The molecule has 0 saturated carbocycles. The molecule has 0 spiro atoms. The molecule has 1 aromatic carbocycles. The average Bonchev–Trinajstić information content (AvgIpc) is 3.00. The second-order valence-electron chi connectivity index (χ2n) is 11.0. The molecule has 2 unspecified atom stereocenters. The van der Waals surface area contributed by atoms with Crippen molar-refractivity contribution in [3.05, 3.63) is 63.8 Å². The number of carboxylic acid groups (broad SMARTS) is 1. The number of hydrogen-bond donors (Lipinski definition) is 1. The summed E-state index contributed by atoms with van der Waals surface area (Å²) in [5.41, 5.74) is 5.20. The summed E-state index contributed by atoms with van der Waals surface area (Å²) in [6.07, 6.45) is -5.91. The van der Waals surface area contributed by atoms with Crippen molar-refractivity contribution in [2.24, 2.45) is 0 Å². The second-order valence-corrected chi connectivity index (χ2v) is 11.4. The summed E-state index contributed by atoms with van der Waals surface area (Å²) in [5, 5.41) is 7.71. The maximum absolute atomic E-state index is 13.7. The fourth-order valence-electron chi connectivity index (χ4n) is 4.40. The number of pyridine rings is 1. The molecular formula is C32H39ClF7N5O4. The van der Waals surface area contributed by atoms with Gasteiger partial charge in [-0.2, -0.15) is 26.3 Å². The first-order valence-electron chi connectivity index (χ1n) is 14.6. The minimum atomic E-state index is -5.08. The van der Waals surface area contributed by atoms with Crippen molar-refractivity contribution in [1.29, 1.82) is 0 Å². The summed E-state index contributed by atoms with van der Waals surface area (Å²) in [6.45, 7) is 9.72. The van der Waals surface area contributed by atoms with Crippen LogP contribution in [0.1, 0.15) is 72.5 Å². The lowest BCUT2D eigenvalue weighted by atomic mass is 9.93. The van der Waals surface area contributed by atoms with Gasteiger partial charge in [-0.1, -0.05) is 24.6 Å². The third-order valence-electron chi connectivity index (χ3n) is 6.86. The smallest absolute Gasteiger partial charge is 0.490 e. The first kappa shape index (κ1) is 42.8. The van der Waals surface area contributed by atoms with Crippen LogP contribution >= 0.6 is 11.6 Å². The van der Waals surface area contributed by atoms with Crippen LogP contribution in [0.3, 0.4) is 0 Å². The minimum Gasteiger partial charge on any atom is -0.493 e. The minimum absolute atomic E-state index is 0.172. The van der Waals surface area contributed by atoms with Gasteiger partial charge in [0, 0.05) is 73.2 Å². The Morgan fingerprint density at radius 3 is 2.00 bits per heavy atom. The number of benzene rings is 1. The molecule has 0 radical (unpaired) electrons. The first-order valence-corrected chi connectivity index (χ1v) is 15.0. The van der Waals surface area contributed by atoms with Crippen LogP contribution in [0, 0.1) is 13.8 Å². The molecule has 2 heterocycles. The fourth-order valence-corrected chi connectivity index (χ4v) is 4.61. The molecule has 0 bridgehead atoms. The molecule has 9 nitrogen and oxygen atoms in total. The first-order chi connectivity index (χ1) is 22.5. The van der Waals surface area contributed by atoms with Gasteiger partial charge in [-0.15, -0.1) is 0 Å². The van der Waals surface area contributed by atoms with E-state index in [1.165, 1.54) is 11.2 Å². The van der Waals surface area contributed by atoms with E-state index in [0.717, 1.165) is 33.5 Å². The van der Waals surface area contributed by atoms with E-state index in [1.54, 1.807) is 26.4 Å². The lowest BCUT2D eigenvalue weighted by Gasteiger charge is -2.32. The topological polar surface area (TPSA) is 109 Å². The standard InChI is InChI=1S/C28H35ClFN5O2.C2HF3O2.C2H3F3/c1-9-37-26-21(19(5)35(8)27-24(16(2)13-30)18(4)32-15-33-27)12-22(29)17(3)25(26)20-10-11-23(31-14-20)28(36)34(6)7;3-2(4,5)1(6)7;1-2(3,4)5/h10-12,14-16,19H,9,13H2,1-8H3;(H,6,7);1H3. The Hall–Kier alpha value is -4.21. The molecule has 1 amide bonds. The van der Waals surface area contributed by atoms with E-state index in [4.69, 9.17) is 26.2 Å². The zero-order chi connectivity index (χ0) is 38.0. The molecular weight excluding hydrogens is 687 g/mol. The number of aliphatic carboxylic acids is 1. The van der Waals surface area contributed by atoms with Crippen LogP contribution in [0.2, 0.25) is 5.02 Å². The largest absolute Gasteiger partial charge is 0.493 e. The second kappa shape index (κ2) is 18.0. The van der Waals surface area contributed by atoms with Crippen LogP contribution < -0.4 is 9.64 Å². The molecule has 3 aromatic rings. The van der Waals surface area contributed by atoms with E-state index in [0.29, 0.717) is 28.9 Å². The quantitative estimate of drug-likeness (QED) is 0.219. The summed E-state index contributed by atoms with van der Waals surface area (Å²) in [4.78, 5) is 37.9. The fraction of sp³-hybridized carbons (Fsp3) is 0.469. The van der Waals surface area contributed by atoms with Crippen molar-refractivity contribution in [2.45, 2.75) is 65.9 Å². The molecule has 3 rings (SSSR count). The predicted molar refractivity (Wildman–Crippen MR) is 172 cm³/mol. The van der Waals surface area contributed by atoms with Crippen molar-refractivity contribution >= 4 is 29.3 Å². The highest BCUT2D eigenvalue weighted by Gasteiger charge is 2.38. The number of aryl methyl sites for hydroxylation is 1. The molecule has 49 heavy (non-hydrogen) atoms. The maximum atomic E-state index is 13.7. The van der Waals surface area contributed by atoms with Gasteiger partial charge in [-0.25, -0.2) is 14.8 Å². The summed E-state index contributed by atoms with van der Waals surface area (Å²) in [7, 11) is 5.30. The van der Waals surface area contributed by atoms with E-state index in [9.17, 15) is 35.5 Å². The van der Waals surface area contributed by atoms with Crippen LogP contribution in [0.15, 0.2) is 30.7 Å². The zero-order valence-electron chi connectivity index (χ0n) is 28.4. The van der Waals surface area contributed by atoms with Gasteiger partial charge >= 0.3 is 18.3 Å². The van der Waals surface area contributed by atoms with Gasteiger partial charge in [0.25, 0.3) is 5.91 Å². The van der Waals surface area contributed by atoms with Gasteiger partial charge in [-0.3, -0.25) is 14.2 Å².